The summed E-state index contributed by atoms with van der Waals surface area (Å²) >= 11 is 5.11. The van der Waals surface area contributed by atoms with Gasteiger partial charge in [0.25, 0.3) is 0 Å². The van der Waals surface area contributed by atoms with Crippen molar-refractivity contribution >= 4 is 34.0 Å². The molecule has 0 atom stereocenters. The van der Waals surface area contributed by atoms with Crippen LogP contribution < -0.4 is 0 Å². The molecule has 2 rings (SSSR count). The van der Waals surface area contributed by atoms with Crippen molar-refractivity contribution in [2.24, 2.45) is 0 Å². The Hall–Kier alpha value is -1.06. The molecule has 0 fully saturated rings. The highest BCUT2D eigenvalue weighted by Crippen LogP contribution is 2.29. The summed E-state index contributed by atoms with van der Waals surface area (Å²) in [5, 5.41) is 0. The Morgan fingerprint density at radius 2 is 1.75 bits per heavy atom. The second-order valence-electron chi connectivity index (χ2n) is 3.25. The van der Waals surface area contributed by atoms with E-state index in [1.54, 1.807) is 11.8 Å². The minimum Gasteiger partial charge on any atom is -0.298 e. The lowest BCUT2D eigenvalue weighted by atomic mass is 10.2. The average Bonchev–Trinajstić information content (AvgIpc) is 2.30. The predicted octanol–water partition coefficient (Wildman–Crippen LogP) is 4.41. The van der Waals surface area contributed by atoms with Crippen LogP contribution >= 0.6 is 27.7 Å². The molecule has 0 N–H and O–H groups in total. The summed E-state index contributed by atoms with van der Waals surface area (Å²) in [6, 6.07) is 15.7. The monoisotopic (exact) mass is 292 g/mol. The van der Waals surface area contributed by atoms with E-state index >= 15 is 0 Å². The van der Waals surface area contributed by atoms with Gasteiger partial charge < -0.3 is 0 Å². The van der Waals surface area contributed by atoms with Gasteiger partial charge in [-0.2, -0.15) is 0 Å². The molecule has 0 bridgehead atoms. The number of carbonyl (C=O) groups excluding carboxylic acids is 1. The molecule has 0 aliphatic heterocycles. The molecule has 0 spiro atoms. The first-order valence-electron chi connectivity index (χ1n) is 4.76. The Labute approximate surface area is 107 Å². The van der Waals surface area contributed by atoms with Crippen molar-refractivity contribution in [2.45, 2.75) is 9.79 Å². The maximum Gasteiger partial charge on any atom is 0.150 e. The van der Waals surface area contributed by atoms with Crippen molar-refractivity contribution in [1.82, 2.24) is 0 Å². The SMILES string of the molecule is O=Cc1ccc(Sc2cccc(Br)c2)cc1. The number of halogens is 1. The zero-order valence-corrected chi connectivity index (χ0v) is 10.8. The van der Waals surface area contributed by atoms with Gasteiger partial charge in [0.05, 0.1) is 0 Å². The Morgan fingerprint density at radius 3 is 2.38 bits per heavy atom. The molecule has 0 saturated carbocycles. The van der Waals surface area contributed by atoms with Crippen molar-refractivity contribution < 1.29 is 4.79 Å². The third-order valence-electron chi connectivity index (χ3n) is 2.05. The highest BCUT2D eigenvalue weighted by Gasteiger charge is 1.98. The minimum absolute atomic E-state index is 0.707. The molecule has 0 radical (unpaired) electrons. The number of benzene rings is 2. The molecule has 0 unspecified atom stereocenters. The van der Waals surface area contributed by atoms with E-state index in [1.165, 1.54) is 4.90 Å². The van der Waals surface area contributed by atoms with Crippen LogP contribution in [0.4, 0.5) is 0 Å². The first kappa shape index (κ1) is 11.4. The minimum atomic E-state index is 0.707. The summed E-state index contributed by atoms with van der Waals surface area (Å²) in [7, 11) is 0. The van der Waals surface area contributed by atoms with E-state index in [0.29, 0.717) is 5.56 Å². The van der Waals surface area contributed by atoms with Gasteiger partial charge in [-0.3, -0.25) is 4.79 Å². The molecule has 0 aromatic heterocycles. The fourth-order valence-electron chi connectivity index (χ4n) is 1.28. The van der Waals surface area contributed by atoms with Crippen LogP contribution in [0.5, 0.6) is 0 Å². The molecule has 2 aromatic rings. The van der Waals surface area contributed by atoms with Crippen molar-refractivity contribution in [2.75, 3.05) is 0 Å². The average molecular weight is 293 g/mol. The zero-order chi connectivity index (χ0) is 11.4. The molecular weight excluding hydrogens is 284 g/mol. The second kappa shape index (κ2) is 5.32. The first-order chi connectivity index (χ1) is 7.78. The van der Waals surface area contributed by atoms with Gasteiger partial charge in [-0.05, 0) is 30.3 Å². The van der Waals surface area contributed by atoms with Crippen LogP contribution in [0.1, 0.15) is 10.4 Å². The molecule has 0 amide bonds. The van der Waals surface area contributed by atoms with Crippen LogP contribution in [0.3, 0.4) is 0 Å². The zero-order valence-electron chi connectivity index (χ0n) is 8.39. The Bertz CT molecular complexity index is 494. The normalized spacial score (nSPS) is 10.1. The first-order valence-corrected chi connectivity index (χ1v) is 6.37. The van der Waals surface area contributed by atoms with Crippen molar-refractivity contribution in [3.05, 3.63) is 58.6 Å². The summed E-state index contributed by atoms with van der Waals surface area (Å²) in [4.78, 5) is 12.8. The maximum atomic E-state index is 10.5. The lowest BCUT2D eigenvalue weighted by Gasteiger charge is -2.02. The number of carbonyl (C=O) groups is 1. The van der Waals surface area contributed by atoms with E-state index in [-0.39, 0.29) is 0 Å². The predicted molar refractivity (Wildman–Crippen MR) is 70.1 cm³/mol. The van der Waals surface area contributed by atoms with Gasteiger partial charge >= 0.3 is 0 Å². The molecular formula is C13H9BrOS. The van der Waals surface area contributed by atoms with Crippen molar-refractivity contribution in [1.29, 1.82) is 0 Å². The number of hydrogen-bond acceptors (Lipinski definition) is 2. The Morgan fingerprint density at radius 1 is 1.00 bits per heavy atom. The summed E-state index contributed by atoms with van der Waals surface area (Å²) in [5.74, 6) is 0. The van der Waals surface area contributed by atoms with E-state index in [0.717, 1.165) is 15.7 Å². The van der Waals surface area contributed by atoms with Gasteiger partial charge in [-0.1, -0.05) is 45.9 Å². The summed E-state index contributed by atoms with van der Waals surface area (Å²) < 4.78 is 1.07. The Kier molecular flexibility index (Phi) is 3.80. The maximum absolute atomic E-state index is 10.5. The van der Waals surface area contributed by atoms with Gasteiger partial charge in [0.2, 0.25) is 0 Å². The van der Waals surface area contributed by atoms with E-state index in [1.807, 2.05) is 36.4 Å². The molecule has 0 aliphatic rings. The molecule has 0 aliphatic carbocycles. The lowest BCUT2D eigenvalue weighted by Crippen LogP contribution is -1.78. The van der Waals surface area contributed by atoms with Crippen molar-refractivity contribution in [3.63, 3.8) is 0 Å². The molecule has 3 heteroatoms. The highest BCUT2D eigenvalue weighted by atomic mass is 79.9. The van der Waals surface area contributed by atoms with Gasteiger partial charge in [0, 0.05) is 19.8 Å². The van der Waals surface area contributed by atoms with Crippen LogP contribution in [0, 0.1) is 0 Å². The lowest BCUT2D eigenvalue weighted by molar-refractivity contribution is 0.112. The standard InChI is InChI=1S/C13H9BrOS/c14-11-2-1-3-13(8-11)16-12-6-4-10(9-15)5-7-12/h1-9H. The van der Waals surface area contributed by atoms with Crippen LogP contribution in [0.15, 0.2) is 62.8 Å². The van der Waals surface area contributed by atoms with Gasteiger partial charge in [-0.15, -0.1) is 0 Å². The number of aldehydes is 1. The van der Waals surface area contributed by atoms with Gasteiger partial charge in [0.15, 0.2) is 0 Å². The van der Waals surface area contributed by atoms with E-state index < -0.39 is 0 Å². The molecule has 16 heavy (non-hydrogen) atoms. The van der Waals surface area contributed by atoms with Crippen molar-refractivity contribution in [3.8, 4) is 0 Å². The topological polar surface area (TPSA) is 17.1 Å². The molecule has 80 valence electrons. The van der Waals surface area contributed by atoms with E-state index in [2.05, 4.69) is 28.1 Å². The fraction of sp³-hybridized carbons (Fsp3) is 0. The third-order valence-corrected chi connectivity index (χ3v) is 3.54. The second-order valence-corrected chi connectivity index (χ2v) is 5.31. The third kappa shape index (κ3) is 2.97. The number of hydrogen-bond donors (Lipinski definition) is 0. The smallest absolute Gasteiger partial charge is 0.150 e. The summed E-state index contributed by atoms with van der Waals surface area (Å²) in [5.41, 5.74) is 0.707. The Balaban J connectivity index is 2.17. The quantitative estimate of drug-likeness (QED) is 0.780. The van der Waals surface area contributed by atoms with Crippen LogP contribution in [-0.4, -0.2) is 6.29 Å². The van der Waals surface area contributed by atoms with Crippen LogP contribution in [0.25, 0.3) is 0 Å². The molecule has 2 aromatic carbocycles. The van der Waals surface area contributed by atoms with Gasteiger partial charge in [-0.25, -0.2) is 0 Å². The van der Waals surface area contributed by atoms with Crippen LogP contribution in [0.2, 0.25) is 0 Å². The molecule has 0 heterocycles. The van der Waals surface area contributed by atoms with E-state index in [9.17, 15) is 4.79 Å². The summed E-state index contributed by atoms with van der Waals surface area (Å²) in [6.07, 6.45) is 0.855. The van der Waals surface area contributed by atoms with E-state index in [4.69, 9.17) is 0 Å². The fourth-order valence-corrected chi connectivity index (χ4v) is 2.71. The summed E-state index contributed by atoms with van der Waals surface area (Å²) in [6.45, 7) is 0. The molecule has 0 saturated heterocycles. The van der Waals surface area contributed by atoms with Gasteiger partial charge in [0.1, 0.15) is 6.29 Å². The largest absolute Gasteiger partial charge is 0.298 e. The molecule has 1 nitrogen and oxygen atoms in total. The van der Waals surface area contributed by atoms with Crippen LogP contribution in [-0.2, 0) is 0 Å². The number of rotatable bonds is 3. The highest BCUT2D eigenvalue weighted by molar-refractivity contribution is 9.10.